The first-order valence-corrected chi connectivity index (χ1v) is 8.73. The fourth-order valence-electron chi connectivity index (χ4n) is 2.17. The van der Waals surface area contributed by atoms with E-state index in [1.54, 1.807) is 14.2 Å². The third-order valence-electron chi connectivity index (χ3n) is 3.51. The predicted molar refractivity (Wildman–Crippen MR) is 88.4 cm³/mol. The normalized spacial score (nSPS) is 11.6. The molecule has 0 radical (unpaired) electrons. The SMILES string of the molecule is COc1cccc(CCS(=O)(=O)N(C)Cc2ccccc2)c1. The van der Waals surface area contributed by atoms with Gasteiger partial charge in [-0.3, -0.25) is 0 Å². The van der Waals surface area contributed by atoms with Crippen molar-refractivity contribution in [1.82, 2.24) is 4.31 Å². The van der Waals surface area contributed by atoms with Gasteiger partial charge in [0.25, 0.3) is 0 Å². The lowest BCUT2D eigenvalue weighted by Crippen LogP contribution is -2.29. The zero-order valence-electron chi connectivity index (χ0n) is 12.9. The lowest BCUT2D eigenvalue weighted by atomic mass is 10.2. The van der Waals surface area contributed by atoms with Crippen LogP contribution in [0.3, 0.4) is 0 Å². The molecule has 0 saturated heterocycles. The zero-order valence-corrected chi connectivity index (χ0v) is 13.7. The average molecular weight is 319 g/mol. The highest BCUT2D eigenvalue weighted by Gasteiger charge is 2.18. The van der Waals surface area contributed by atoms with E-state index in [0.29, 0.717) is 13.0 Å². The Labute approximate surface area is 132 Å². The molecule has 0 aliphatic heterocycles. The summed E-state index contributed by atoms with van der Waals surface area (Å²) in [5.41, 5.74) is 1.94. The van der Waals surface area contributed by atoms with Gasteiger partial charge in [0.15, 0.2) is 0 Å². The molecule has 0 atom stereocenters. The Morgan fingerprint density at radius 2 is 1.68 bits per heavy atom. The zero-order chi connectivity index (χ0) is 16.0. The highest BCUT2D eigenvalue weighted by molar-refractivity contribution is 7.89. The van der Waals surface area contributed by atoms with Crippen LogP contribution in [0.1, 0.15) is 11.1 Å². The van der Waals surface area contributed by atoms with Gasteiger partial charge in [-0.05, 0) is 29.7 Å². The van der Waals surface area contributed by atoms with Crippen LogP contribution in [0.15, 0.2) is 54.6 Å². The topological polar surface area (TPSA) is 46.6 Å². The number of methoxy groups -OCH3 is 1. The van der Waals surface area contributed by atoms with Crippen molar-refractivity contribution >= 4 is 10.0 Å². The van der Waals surface area contributed by atoms with E-state index in [9.17, 15) is 8.42 Å². The molecule has 0 aromatic heterocycles. The number of nitrogens with zero attached hydrogens (tertiary/aromatic N) is 1. The number of hydrogen-bond donors (Lipinski definition) is 0. The van der Waals surface area contributed by atoms with Crippen LogP contribution in [-0.2, 0) is 23.0 Å². The van der Waals surface area contributed by atoms with Gasteiger partial charge in [-0.25, -0.2) is 12.7 Å². The third kappa shape index (κ3) is 4.58. The number of sulfonamides is 1. The van der Waals surface area contributed by atoms with Crippen molar-refractivity contribution in [2.24, 2.45) is 0 Å². The van der Waals surface area contributed by atoms with E-state index >= 15 is 0 Å². The van der Waals surface area contributed by atoms with E-state index < -0.39 is 10.0 Å². The van der Waals surface area contributed by atoms with Crippen molar-refractivity contribution in [2.45, 2.75) is 13.0 Å². The van der Waals surface area contributed by atoms with Crippen LogP contribution in [0.2, 0.25) is 0 Å². The summed E-state index contributed by atoms with van der Waals surface area (Å²) in [7, 11) is -0.0641. The molecule has 0 bridgehead atoms. The Balaban J connectivity index is 1.98. The van der Waals surface area contributed by atoms with Crippen LogP contribution in [0, 0.1) is 0 Å². The van der Waals surface area contributed by atoms with Crippen LogP contribution in [0.4, 0.5) is 0 Å². The van der Waals surface area contributed by atoms with Crippen LogP contribution in [-0.4, -0.2) is 32.6 Å². The summed E-state index contributed by atoms with van der Waals surface area (Å²) >= 11 is 0. The van der Waals surface area contributed by atoms with Crippen molar-refractivity contribution in [2.75, 3.05) is 19.9 Å². The first kappa shape index (κ1) is 16.5. The van der Waals surface area contributed by atoms with Crippen LogP contribution >= 0.6 is 0 Å². The van der Waals surface area contributed by atoms with E-state index in [4.69, 9.17) is 4.74 Å². The van der Waals surface area contributed by atoms with Gasteiger partial charge in [0.1, 0.15) is 5.75 Å². The van der Waals surface area contributed by atoms with Gasteiger partial charge < -0.3 is 4.74 Å². The molecular formula is C17H21NO3S. The van der Waals surface area contributed by atoms with Crippen molar-refractivity contribution in [3.05, 3.63) is 65.7 Å². The summed E-state index contributed by atoms with van der Waals surface area (Å²) in [6, 6.07) is 17.1. The van der Waals surface area contributed by atoms with Crippen LogP contribution < -0.4 is 4.74 Å². The Morgan fingerprint density at radius 3 is 2.36 bits per heavy atom. The predicted octanol–water partition coefficient (Wildman–Crippen LogP) is 2.70. The average Bonchev–Trinajstić information content (AvgIpc) is 2.54. The molecule has 0 spiro atoms. The van der Waals surface area contributed by atoms with Gasteiger partial charge in [0.2, 0.25) is 10.0 Å². The van der Waals surface area contributed by atoms with Crippen molar-refractivity contribution in [3.8, 4) is 5.75 Å². The molecule has 22 heavy (non-hydrogen) atoms. The van der Waals surface area contributed by atoms with Gasteiger partial charge in [-0.2, -0.15) is 0 Å². The highest BCUT2D eigenvalue weighted by Crippen LogP contribution is 2.15. The second-order valence-corrected chi connectivity index (χ2v) is 7.35. The van der Waals surface area contributed by atoms with Gasteiger partial charge in [0, 0.05) is 13.6 Å². The molecule has 0 heterocycles. The summed E-state index contributed by atoms with van der Waals surface area (Å²) in [6.45, 7) is 0.390. The number of aryl methyl sites for hydroxylation is 1. The molecular weight excluding hydrogens is 298 g/mol. The highest BCUT2D eigenvalue weighted by atomic mass is 32.2. The molecule has 0 fully saturated rings. The first-order valence-electron chi connectivity index (χ1n) is 7.12. The lowest BCUT2D eigenvalue weighted by Gasteiger charge is -2.17. The number of rotatable bonds is 7. The molecule has 2 aromatic carbocycles. The Bertz CT molecular complexity index is 699. The van der Waals surface area contributed by atoms with Crippen LogP contribution in [0.5, 0.6) is 5.75 Å². The van der Waals surface area contributed by atoms with Crippen LogP contribution in [0.25, 0.3) is 0 Å². The Kier molecular flexibility index (Phi) is 5.57. The van der Waals surface area contributed by atoms with Crippen molar-refractivity contribution in [3.63, 3.8) is 0 Å². The molecule has 5 heteroatoms. The summed E-state index contributed by atoms with van der Waals surface area (Å²) in [5.74, 6) is 0.830. The maximum Gasteiger partial charge on any atom is 0.214 e. The second-order valence-electron chi connectivity index (χ2n) is 5.16. The monoisotopic (exact) mass is 319 g/mol. The third-order valence-corrected chi connectivity index (χ3v) is 5.30. The number of hydrogen-bond acceptors (Lipinski definition) is 3. The molecule has 0 amide bonds. The summed E-state index contributed by atoms with van der Waals surface area (Å²) in [5, 5.41) is 0. The van der Waals surface area contributed by atoms with E-state index in [1.165, 1.54) is 4.31 Å². The van der Waals surface area contributed by atoms with E-state index in [-0.39, 0.29) is 5.75 Å². The first-order chi connectivity index (χ1) is 10.5. The largest absolute Gasteiger partial charge is 0.497 e. The standard InChI is InChI=1S/C17H21NO3S/c1-18(14-16-7-4-3-5-8-16)22(19,20)12-11-15-9-6-10-17(13-15)21-2/h3-10,13H,11-12,14H2,1-2H3. The van der Waals surface area contributed by atoms with E-state index in [2.05, 4.69) is 0 Å². The summed E-state index contributed by atoms with van der Waals surface area (Å²) in [4.78, 5) is 0. The molecule has 0 unspecified atom stereocenters. The minimum atomic E-state index is -3.28. The van der Waals surface area contributed by atoms with Gasteiger partial charge >= 0.3 is 0 Å². The number of ether oxygens (including phenoxy) is 1. The van der Waals surface area contributed by atoms with Gasteiger partial charge in [0.05, 0.1) is 12.9 Å². The maximum atomic E-state index is 12.4. The fourth-order valence-corrected chi connectivity index (χ4v) is 3.32. The minimum Gasteiger partial charge on any atom is -0.497 e. The molecule has 0 N–H and O–H groups in total. The van der Waals surface area contributed by atoms with Gasteiger partial charge in [-0.15, -0.1) is 0 Å². The maximum absolute atomic E-state index is 12.4. The molecule has 0 aliphatic rings. The van der Waals surface area contributed by atoms with E-state index in [0.717, 1.165) is 16.9 Å². The molecule has 0 aliphatic carbocycles. The summed E-state index contributed by atoms with van der Waals surface area (Å²) < 4.78 is 31.3. The Morgan fingerprint density at radius 1 is 1.00 bits per heavy atom. The lowest BCUT2D eigenvalue weighted by molar-refractivity contribution is 0.414. The fraction of sp³-hybridized carbons (Fsp3) is 0.294. The van der Waals surface area contributed by atoms with Gasteiger partial charge in [-0.1, -0.05) is 42.5 Å². The summed E-state index contributed by atoms with van der Waals surface area (Å²) in [6.07, 6.45) is 0.471. The number of benzene rings is 2. The minimum absolute atomic E-state index is 0.0868. The van der Waals surface area contributed by atoms with E-state index in [1.807, 2.05) is 54.6 Å². The molecule has 2 aromatic rings. The second kappa shape index (κ2) is 7.42. The molecule has 2 rings (SSSR count). The smallest absolute Gasteiger partial charge is 0.214 e. The van der Waals surface area contributed by atoms with Crippen molar-refractivity contribution < 1.29 is 13.2 Å². The molecule has 118 valence electrons. The van der Waals surface area contributed by atoms with Crippen molar-refractivity contribution in [1.29, 1.82) is 0 Å². The quantitative estimate of drug-likeness (QED) is 0.788. The molecule has 4 nitrogen and oxygen atoms in total. The Hall–Kier alpha value is -1.85. The molecule has 0 saturated carbocycles.